The molecule has 0 unspecified atom stereocenters. The van der Waals surface area contributed by atoms with Gasteiger partial charge < -0.3 is 0 Å². The molecule has 0 aromatic carbocycles. The smallest absolute Gasteiger partial charge is 0.271 e. The van der Waals surface area contributed by atoms with Gasteiger partial charge in [0.05, 0.1) is 0 Å². The Bertz CT molecular complexity index is 168. The van der Waals surface area contributed by atoms with E-state index in [4.69, 9.17) is 6.42 Å². The Labute approximate surface area is 74.8 Å². The van der Waals surface area contributed by atoms with Crippen LogP contribution in [0.2, 0.25) is 0 Å². The maximum absolute atomic E-state index is 9.51. The van der Waals surface area contributed by atoms with Crippen LogP contribution in [-0.2, 0) is 4.57 Å². The Morgan fingerprint density at radius 1 is 1.40 bits per heavy atom. The van der Waals surface area contributed by atoms with Gasteiger partial charge in [-0.3, -0.25) is 4.57 Å². The Hall–Kier alpha value is 0.660. The molecule has 0 bridgehead atoms. The highest BCUT2D eigenvalue weighted by Gasteiger charge is 2.16. The number of hydrogen-bond acceptors (Lipinski definition) is 1. The van der Waals surface area contributed by atoms with Crippen LogP contribution in [0.3, 0.4) is 0 Å². The van der Waals surface area contributed by atoms with Gasteiger partial charge in [-0.25, -0.2) is 0 Å². The minimum atomic E-state index is -3.22. The molecule has 58 valence electrons. The standard InChI is InChI=1S/C5H6.Cl3OP/c1-2-5-3-4-5;1-5(2,3)4/h1,5H,3-4H2;. The molecule has 1 fully saturated rings. The van der Waals surface area contributed by atoms with E-state index in [2.05, 4.69) is 39.6 Å². The van der Waals surface area contributed by atoms with Crippen molar-refractivity contribution in [3.05, 3.63) is 0 Å². The van der Waals surface area contributed by atoms with E-state index in [0.29, 0.717) is 5.92 Å². The van der Waals surface area contributed by atoms with E-state index in [1.54, 1.807) is 0 Å². The molecule has 5 heteroatoms. The minimum absolute atomic E-state index is 0.662. The van der Waals surface area contributed by atoms with Gasteiger partial charge in [0.2, 0.25) is 0 Å². The fourth-order valence-electron chi connectivity index (χ4n) is 0.250. The molecule has 0 spiro atoms. The van der Waals surface area contributed by atoms with Gasteiger partial charge >= 0.3 is 5.20 Å². The SMILES string of the molecule is C#CC1CC1.O=P(Cl)(Cl)Cl. The normalized spacial score (nSPS) is 16.6. The Morgan fingerprint density at radius 3 is 1.70 bits per heavy atom. The fourth-order valence-corrected chi connectivity index (χ4v) is 0.250. The minimum Gasteiger partial charge on any atom is -0.271 e. The number of terminal acetylenes is 1. The van der Waals surface area contributed by atoms with Crippen LogP contribution in [0, 0.1) is 18.3 Å². The molecule has 0 atom stereocenters. The second kappa shape index (κ2) is 4.52. The van der Waals surface area contributed by atoms with Crippen LogP contribution in [0.25, 0.3) is 0 Å². The Morgan fingerprint density at radius 2 is 1.70 bits per heavy atom. The van der Waals surface area contributed by atoms with Gasteiger partial charge in [0.15, 0.2) is 0 Å². The molecule has 0 radical (unpaired) electrons. The molecule has 0 amide bonds. The molecule has 1 aliphatic carbocycles. The van der Waals surface area contributed by atoms with Crippen LogP contribution < -0.4 is 0 Å². The Kier molecular flexibility index (Phi) is 4.82. The summed E-state index contributed by atoms with van der Waals surface area (Å²) < 4.78 is 9.51. The van der Waals surface area contributed by atoms with Crippen LogP contribution in [0.4, 0.5) is 0 Å². The van der Waals surface area contributed by atoms with E-state index in [1.807, 2.05) is 0 Å². The van der Waals surface area contributed by atoms with E-state index in [1.165, 1.54) is 12.8 Å². The van der Waals surface area contributed by atoms with E-state index in [9.17, 15) is 4.57 Å². The monoisotopic (exact) mass is 218 g/mol. The van der Waals surface area contributed by atoms with Gasteiger partial charge in [0.25, 0.3) is 0 Å². The molecule has 10 heavy (non-hydrogen) atoms. The first-order valence-electron chi connectivity index (χ1n) is 2.58. The van der Waals surface area contributed by atoms with Crippen LogP contribution in [-0.4, -0.2) is 0 Å². The van der Waals surface area contributed by atoms with Gasteiger partial charge in [0.1, 0.15) is 0 Å². The molecule has 0 saturated heterocycles. The summed E-state index contributed by atoms with van der Waals surface area (Å²) in [4.78, 5) is 0. The molecule has 0 heterocycles. The van der Waals surface area contributed by atoms with E-state index < -0.39 is 5.20 Å². The van der Waals surface area contributed by atoms with Crippen molar-refractivity contribution in [3.8, 4) is 12.3 Å². The quantitative estimate of drug-likeness (QED) is 0.447. The highest BCUT2D eigenvalue weighted by Crippen LogP contribution is 2.61. The molecule has 0 aromatic heterocycles. The van der Waals surface area contributed by atoms with Crippen molar-refractivity contribution in [3.63, 3.8) is 0 Å². The average Bonchev–Trinajstić information content (AvgIpc) is 2.39. The van der Waals surface area contributed by atoms with Crippen molar-refractivity contribution in [2.75, 3.05) is 0 Å². The van der Waals surface area contributed by atoms with Crippen molar-refractivity contribution in [2.45, 2.75) is 12.8 Å². The summed E-state index contributed by atoms with van der Waals surface area (Å²) in [6.45, 7) is 0. The van der Waals surface area contributed by atoms with E-state index in [-0.39, 0.29) is 0 Å². The van der Waals surface area contributed by atoms with Gasteiger partial charge in [-0.2, -0.15) is 0 Å². The first kappa shape index (κ1) is 10.7. The van der Waals surface area contributed by atoms with Gasteiger partial charge in [0, 0.05) is 5.92 Å². The lowest BCUT2D eigenvalue weighted by molar-refractivity contribution is 0.600. The lowest BCUT2D eigenvalue weighted by atomic mass is 10.5. The summed E-state index contributed by atoms with van der Waals surface area (Å²) in [6, 6.07) is 0. The molecule has 1 saturated carbocycles. The van der Waals surface area contributed by atoms with Crippen LogP contribution in [0.5, 0.6) is 0 Å². The molecular weight excluding hydrogens is 213 g/mol. The van der Waals surface area contributed by atoms with Crippen LogP contribution in [0.1, 0.15) is 12.8 Å². The third kappa shape index (κ3) is 15.9. The van der Waals surface area contributed by atoms with Crippen LogP contribution in [0.15, 0.2) is 0 Å². The lowest BCUT2D eigenvalue weighted by Crippen LogP contribution is -1.52. The zero-order valence-electron chi connectivity index (χ0n) is 5.06. The second-order valence-corrected chi connectivity index (χ2v) is 8.48. The first-order chi connectivity index (χ1) is 4.43. The third-order valence-electron chi connectivity index (χ3n) is 0.813. The number of hydrogen-bond donors (Lipinski definition) is 0. The summed E-state index contributed by atoms with van der Waals surface area (Å²) >= 11 is 13.8. The highest BCUT2D eigenvalue weighted by atomic mass is 36.0. The Balaban J connectivity index is 0.000000162. The summed E-state index contributed by atoms with van der Waals surface area (Å²) in [6.07, 6.45) is 7.53. The molecule has 1 nitrogen and oxygen atoms in total. The van der Waals surface area contributed by atoms with Crippen molar-refractivity contribution in [1.29, 1.82) is 0 Å². The van der Waals surface area contributed by atoms with Crippen LogP contribution >= 0.6 is 38.9 Å². The molecule has 1 aliphatic rings. The van der Waals surface area contributed by atoms with Crippen molar-refractivity contribution < 1.29 is 4.57 Å². The average molecular weight is 219 g/mol. The first-order valence-corrected chi connectivity index (χ1v) is 7.01. The largest absolute Gasteiger partial charge is 0.339 e. The summed E-state index contributed by atoms with van der Waals surface area (Å²) in [5.74, 6) is 3.30. The topological polar surface area (TPSA) is 17.1 Å². The zero-order chi connectivity index (χ0) is 8.20. The highest BCUT2D eigenvalue weighted by molar-refractivity contribution is 8.24. The second-order valence-electron chi connectivity index (χ2n) is 1.84. The predicted molar refractivity (Wildman–Crippen MR) is 46.7 cm³/mol. The molecule has 0 N–H and O–H groups in total. The molecule has 0 aromatic rings. The van der Waals surface area contributed by atoms with Gasteiger partial charge in [-0.05, 0) is 46.6 Å². The number of halogens is 3. The lowest BCUT2D eigenvalue weighted by Gasteiger charge is -1.74. The zero-order valence-corrected chi connectivity index (χ0v) is 8.22. The van der Waals surface area contributed by atoms with E-state index >= 15 is 0 Å². The predicted octanol–water partition coefficient (Wildman–Crippen LogP) is 3.84. The van der Waals surface area contributed by atoms with Crippen molar-refractivity contribution in [2.24, 2.45) is 5.92 Å². The maximum Gasteiger partial charge on any atom is 0.339 e. The van der Waals surface area contributed by atoms with Crippen molar-refractivity contribution >= 4 is 38.9 Å². The molecular formula is C5H6Cl3OP. The third-order valence-corrected chi connectivity index (χ3v) is 0.813. The fraction of sp³-hybridized carbons (Fsp3) is 0.600. The van der Waals surface area contributed by atoms with Gasteiger partial charge in [-0.15, -0.1) is 12.3 Å². The summed E-state index contributed by atoms with van der Waals surface area (Å²) in [7, 11) is 0. The summed E-state index contributed by atoms with van der Waals surface area (Å²) in [5, 5.41) is -3.22. The maximum atomic E-state index is 9.51. The van der Waals surface area contributed by atoms with Gasteiger partial charge in [-0.1, -0.05) is 0 Å². The van der Waals surface area contributed by atoms with E-state index in [0.717, 1.165) is 0 Å². The summed E-state index contributed by atoms with van der Waals surface area (Å²) in [5.41, 5.74) is 0. The molecule has 0 aliphatic heterocycles. The van der Waals surface area contributed by atoms with Crippen molar-refractivity contribution in [1.82, 2.24) is 0 Å². The molecule has 1 rings (SSSR count). The number of rotatable bonds is 0.